The molecule has 0 bridgehead atoms. The number of rotatable bonds is 7. The highest BCUT2D eigenvalue weighted by Crippen LogP contribution is 2.22. The number of hydrogen-bond acceptors (Lipinski definition) is 5. The van der Waals surface area contributed by atoms with Gasteiger partial charge in [0.05, 0.1) is 12.8 Å². The van der Waals surface area contributed by atoms with E-state index >= 15 is 0 Å². The first-order chi connectivity index (χ1) is 13.2. The van der Waals surface area contributed by atoms with E-state index in [-0.39, 0.29) is 24.4 Å². The molecule has 1 atom stereocenters. The maximum atomic E-state index is 12.2. The summed E-state index contributed by atoms with van der Waals surface area (Å²) in [6, 6.07) is 10.6. The summed E-state index contributed by atoms with van der Waals surface area (Å²) in [5.74, 6) is -0.932. The van der Waals surface area contributed by atoms with Gasteiger partial charge in [-0.3, -0.25) is 14.4 Å². The fraction of sp³-hybridized carbons (Fsp3) is 0.381. The molecule has 7 nitrogen and oxygen atoms in total. The highest BCUT2D eigenvalue weighted by molar-refractivity contribution is 5.96. The van der Waals surface area contributed by atoms with Crippen LogP contribution in [0.2, 0.25) is 0 Å². The molecule has 0 saturated heterocycles. The molecule has 0 spiro atoms. The molecule has 150 valence electrons. The Hall–Kier alpha value is -3.09. The maximum Gasteiger partial charge on any atom is 0.326 e. The van der Waals surface area contributed by atoms with E-state index < -0.39 is 18.0 Å². The fourth-order valence-electron chi connectivity index (χ4n) is 2.40. The molecule has 1 aromatic carbocycles. The van der Waals surface area contributed by atoms with Crippen molar-refractivity contribution in [2.45, 2.75) is 45.8 Å². The Morgan fingerprint density at radius 1 is 1.07 bits per heavy atom. The third-order valence-electron chi connectivity index (χ3n) is 4.10. The summed E-state index contributed by atoms with van der Waals surface area (Å²) in [5, 5.41) is 5.10. The molecule has 1 aromatic heterocycles. The lowest BCUT2D eigenvalue weighted by Crippen LogP contribution is -2.38. The number of carbonyl (C=O) groups excluding carboxylic acids is 3. The van der Waals surface area contributed by atoms with Crippen LogP contribution in [0.1, 0.15) is 49.4 Å². The Morgan fingerprint density at radius 2 is 1.75 bits per heavy atom. The number of ether oxygens (including phenoxy) is 1. The lowest BCUT2D eigenvalue weighted by molar-refractivity contribution is -0.153. The van der Waals surface area contributed by atoms with Crippen molar-refractivity contribution in [2.75, 3.05) is 6.54 Å². The highest BCUT2D eigenvalue weighted by Gasteiger charge is 2.19. The monoisotopic (exact) mass is 386 g/mol. The van der Waals surface area contributed by atoms with Crippen LogP contribution in [0.25, 0.3) is 0 Å². The van der Waals surface area contributed by atoms with Crippen LogP contribution in [0.4, 0.5) is 0 Å². The van der Waals surface area contributed by atoms with Gasteiger partial charge in [-0.25, -0.2) is 0 Å². The topological polar surface area (TPSA) is 97.6 Å². The standard InChI is InChI=1S/C21H26N2O5/c1-14(19(25)22-12-17-6-5-11-27-17)28-18(24)13-23-20(26)15-7-9-16(10-8-15)21(2,3)4/h5-11,14H,12-13H2,1-4H3,(H,22,25)(H,23,26)/t14-/m0/s1. The van der Waals surface area contributed by atoms with Gasteiger partial charge in [0, 0.05) is 5.56 Å². The molecular weight excluding hydrogens is 360 g/mol. The number of benzene rings is 1. The van der Waals surface area contributed by atoms with Crippen LogP contribution in [-0.4, -0.2) is 30.4 Å². The second-order valence-electron chi connectivity index (χ2n) is 7.44. The molecule has 0 aliphatic rings. The number of esters is 1. The lowest BCUT2D eigenvalue weighted by Gasteiger charge is -2.19. The predicted octanol–water partition coefficient (Wildman–Crippen LogP) is 2.56. The summed E-state index contributed by atoms with van der Waals surface area (Å²) >= 11 is 0. The van der Waals surface area contributed by atoms with Crippen molar-refractivity contribution < 1.29 is 23.5 Å². The molecule has 0 saturated carbocycles. The van der Waals surface area contributed by atoms with Gasteiger partial charge < -0.3 is 19.8 Å². The average molecular weight is 386 g/mol. The molecule has 2 amide bonds. The summed E-state index contributed by atoms with van der Waals surface area (Å²) in [6.07, 6.45) is 0.523. The van der Waals surface area contributed by atoms with Gasteiger partial charge in [-0.1, -0.05) is 32.9 Å². The largest absolute Gasteiger partial charge is 0.467 e. The maximum absolute atomic E-state index is 12.2. The third-order valence-corrected chi connectivity index (χ3v) is 4.10. The zero-order valence-corrected chi connectivity index (χ0v) is 16.6. The zero-order chi connectivity index (χ0) is 20.7. The predicted molar refractivity (Wildman–Crippen MR) is 104 cm³/mol. The van der Waals surface area contributed by atoms with Gasteiger partial charge in [0.25, 0.3) is 11.8 Å². The van der Waals surface area contributed by atoms with E-state index in [9.17, 15) is 14.4 Å². The van der Waals surface area contributed by atoms with E-state index in [2.05, 4.69) is 31.4 Å². The molecule has 0 aliphatic carbocycles. The molecule has 2 N–H and O–H groups in total. The number of carbonyl (C=O) groups is 3. The van der Waals surface area contributed by atoms with E-state index in [1.165, 1.54) is 13.2 Å². The van der Waals surface area contributed by atoms with Gasteiger partial charge in [0.1, 0.15) is 12.3 Å². The molecule has 2 rings (SSSR count). The Labute approximate surface area is 164 Å². The van der Waals surface area contributed by atoms with Gasteiger partial charge in [-0.2, -0.15) is 0 Å². The van der Waals surface area contributed by atoms with E-state index in [0.717, 1.165) is 5.56 Å². The van der Waals surface area contributed by atoms with E-state index in [1.54, 1.807) is 24.3 Å². The van der Waals surface area contributed by atoms with E-state index in [4.69, 9.17) is 9.15 Å². The van der Waals surface area contributed by atoms with Crippen molar-refractivity contribution in [3.8, 4) is 0 Å². The number of hydrogen-bond donors (Lipinski definition) is 2. The van der Waals surface area contributed by atoms with Crippen LogP contribution < -0.4 is 10.6 Å². The van der Waals surface area contributed by atoms with Crippen molar-refractivity contribution >= 4 is 17.8 Å². The molecule has 2 aromatic rings. The first-order valence-corrected chi connectivity index (χ1v) is 9.05. The van der Waals surface area contributed by atoms with Gasteiger partial charge in [0.2, 0.25) is 0 Å². The highest BCUT2D eigenvalue weighted by atomic mass is 16.5. The Morgan fingerprint density at radius 3 is 2.32 bits per heavy atom. The van der Waals surface area contributed by atoms with Crippen molar-refractivity contribution in [3.63, 3.8) is 0 Å². The van der Waals surface area contributed by atoms with Crippen LogP contribution in [0.3, 0.4) is 0 Å². The van der Waals surface area contributed by atoms with Crippen LogP contribution >= 0.6 is 0 Å². The number of amides is 2. The molecule has 0 fully saturated rings. The minimum atomic E-state index is -0.981. The van der Waals surface area contributed by atoms with Crippen LogP contribution in [-0.2, 0) is 26.3 Å². The molecular formula is C21H26N2O5. The van der Waals surface area contributed by atoms with Crippen LogP contribution in [0.5, 0.6) is 0 Å². The molecule has 28 heavy (non-hydrogen) atoms. The summed E-state index contributed by atoms with van der Waals surface area (Å²) in [4.78, 5) is 36.0. The Balaban J connectivity index is 1.76. The average Bonchev–Trinajstić information content (AvgIpc) is 3.17. The number of nitrogens with one attached hydrogen (secondary N) is 2. The quantitative estimate of drug-likeness (QED) is 0.713. The van der Waals surface area contributed by atoms with Gasteiger partial charge in [-0.05, 0) is 42.2 Å². The minimum Gasteiger partial charge on any atom is -0.467 e. The smallest absolute Gasteiger partial charge is 0.326 e. The van der Waals surface area contributed by atoms with Gasteiger partial charge in [-0.15, -0.1) is 0 Å². The fourth-order valence-corrected chi connectivity index (χ4v) is 2.40. The molecule has 0 radical (unpaired) electrons. The lowest BCUT2D eigenvalue weighted by atomic mass is 9.87. The summed E-state index contributed by atoms with van der Waals surface area (Å²) in [6.45, 7) is 7.60. The normalized spacial score (nSPS) is 12.1. The Bertz CT molecular complexity index is 804. The molecule has 0 aliphatic heterocycles. The zero-order valence-electron chi connectivity index (χ0n) is 16.6. The summed E-state index contributed by atoms with van der Waals surface area (Å²) in [5.41, 5.74) is 1.55. The second-order valence-corrected chi connectivity index (χ2v) is 7.44. The minimum absolute atomic E-state index is 0.00748. The van der Waals surface area contributed by atoms with Gasteiger partial charge in [0.15, 0.2) is 6.10 Å². The molecule has 7 heteroatoms. The second kappa shape index (κ2) is 9.21. The van der Waals surface area contributed by atoms with E-state index in [1.807, 2.05) is 12.1 Å². The van der Waals surface area contributed by atoms with Gasteiger partial charge >= 0.3 is 5.97 Å². The first-order valence-electron chi connectivity index (χ1n) is 9.05. The van der Waals surface area contributed by atoms with Crippen molar-refractivity contribution in [1.82, 2.24) is 10.6 Å². The van der Waals surface area contributed by atoms with Crippen LogP contribution in [0.15, 0.2) is 47.1 Å². The number of furan rings is 1. The Kier molecular flexibility index (Phi) is 6.98. The SMILES string of the molecule is C[C@H](OC(=O)CNC(=O)c1ccc(C(C)(C)C)cc1)C(=O)NCc1ccco1. The third kappa shape index (κ3) is 6.26. The molecule has 1 heterocycles. The van der Waals surface area contributed by atoms with Crippen molar-refractivity contribution in [2.24, 2.45) is 0 Å². The summed E-state index contributed by atoms with van der Waals surface area (Å²) < 4.78 is 10.1. The molecule has 0 unspecified atom stereocenters. The first kappa shape index (κ1) is 21.2. The van der Waals surface area contributed by atoms with Crippen LogP contribution in [0, 0.1) is 0 Å². The van der Waals surface area contributed by atoms with E-state index in [0.29, 0.717) is 11.3 Å². The van der Waals surface area contributed by atoms with Crippen molar-refractivity contribution in [1.29, 1.82) is 0 Å². The summed E-state index contributed by atoms with van der Waals surface area (Å²) in [7, 11) is 0. The van der Waals surface area contributed by atoms with Crippen molar-refractivity contribution in [3.05, 3.63) is 59.5 Å².